The van der Waals surface area contributed by atoms with Gasteiger partial charge in [0.05, 0.1) is 27.7 Å². The number of rotatable bonds is 0. The van der Waals surface area contributed by atoms with E-state index in [9.17, 15) is 0 Å². The molecule has 0 unspecified atom stereocenters. The first-order valence-electron chi connectivity index (χ1n) is 8.35. The Balaban J connectivity index is 2.09. The summed E-state index contributed by atoms with van der Waals surface area (Å²) in [6, 6.07) is 22.1. The van der Waals surface area contributed by atoms with Crippen molar-refractivity contribution in [2.75, 3.05) is 11.9 Å². The predicted molar refractivity (Wildman–Crippen MR) is 101 cm³/mol. The van der Waals surface area contributed by atoms with Gasteiger partial charge in [0.25, 0.3) is 0 Å². The van der Waals surface area contributed by atoms with Crippen LogP contribution in [0.1, 0.15) is 5.56 Å². The molecule has 116 valence electrons. The van der Waals surface area contributed by atoms with Gasteiger partial charge in [-0.25, -0.2) is 0 Å². The predicted octanol–water partition coefficient (Wildman–Crippen LogP) is 4.87. The fraction of sp³-hybridized carbons (Fsp3) is 0.136. The zero-order valence-corrected chi connectivity index (χ0v) is 14.2. The Morgan fingerprint density at radius 1 is 0.833 bits per heavy atom. The first-order chi connectivity index (χ1) is 11.7. The van der Waals surface area contributed by atoms with Crippen LogP contribution in [0.25, 0.3) is 32.9 Å². The summed E-state index contributed by atoms with van der Waals surface area (Å²) in [4.78, 5) is 2.33. The number of aryl methyl sites for hydroxylation is 2. The molecule has 0 fully saturated rings. The van der Waals surface area contributed by atoms with Crippen molar-refractivity contribution in [2.45, 2.75) is 6.92 Å². The largest absolute Gasteiger partial charge is 0.343 e. The second kappa shape index (κ2) is 4.57. The molecule has 5 rings (SSSR count). The van der Waals surface area contributed by atoms with Crippen molar-refractivity contribution in [1.82, 2.24) is 0 Å². The minimum atomic E-state index is 1.27. The van der Waals surface area contributed by atoms with Crippen molar-refractivity contribution in [3.8, 4) is 11.3 Å². The molecule has 2 heterocycles. The average molecular weight is 311 g/mol. The van der Waals surface area contributed by atoms with Crippen molar-refractivity contribution in [2.24, 2.45) is 7.05 Å². The lowest BCUT2D eigenvalue weighted by Crippen LogP contribution is -2.34. The fourth-order valence-corrected chi connectivity index (χ4v) is 4.14. The molecule has 2 heteroatoms. The first-order valence-corrected chi connectivity index (χ1v) is 8.35. The van der Waals surface area contributed by atoms with E-state index in [1.165, 1.54) is 49.9 Å². The van der Waals surface area contributed by atoms with Gasteiger partial charge in [-0.1, -0.05) is 30.3 Å². The lowest BCUT2D eigenvalue weighted by Gasteiger charge is -2.29. The molecule has 0 amide bonds. The van der Waals surface area contributed by atoms with Gasteiger partial charge in [-0.15, -0.1) is 0 Å². The van der Waals surface area contributed by atoms with Crippen LogP contribution in [-0.2, 0) is 7.05 Å². The van der Waals surface area contributed by atoms with Gasteiger partial charge in [-0.3, -0.25) is 0 Å². The van der Waals surface area contributed by atoms with Crippen molar-refractivity contribution in [1.29, 1.82) is 0 Å². The summed E-state index contributed by atoms with van der Waals surface area (Å²) in [6.45, 7) is 2.16. The average Bonchev–Trinajstić information content (AvgIpc) is 2.61. The summed E-state index contributed by atoms with van der Waals surface area (Å²) >= 11 is 0. The van der Waals surface area contributed by atoms with Gasteiger partial charge in [0.1, 0.15) is 7.05 Å². The molecule has 3 aromatic carbocycles. The molecule has 4 aromatic rings. The monoisotopic (exact) mass is 311 g/mol. The molecular weight excluding hydrogens is 292 g/mol. The number of aromatic nitrogens is 1. The Morgan fingerprint density at radius 3 is 2.50 bits per heavy atom. The van der Waals surface area contributed by atoms with Gasteiger partial charge in [-0.05, 0) is 36.8 Å². The highest BCUT2D eigenvalue weighted by Crippen LogP contribution is 2.46. The molecule has 1 aliphatic heterocycles. The number of hydrogen-bond donors (Lipinski definition) is 0. The molecule has 0 radical (unpaired) electrons. The Hall–Kier alpha value is -2.87. The quantitative estimate of drug-likeness (QED) is 0.332. The number of fused-ring (bicyclic) bond motifs is 4. The molecule has 0 saturated heterocycles. The molecule has 0 aliphatic carbocycles. The Kier molecular flexibility index (Phi) is 2.58. The number of benzene rings is 3. The third-order valence-electron chi connectivity index (χ3n) is 5.30. The number of nitrogens with zero attached hydrogens (tertiary/aromatic N) is 2. The maximum Gasteiger partial charge on any atom is 0.224 e. The van der Waals surface area contributed by atoms with Gasteiger partial charge >= 0.3 is 0 Å². The second-order valence-corrected chi connectivity index (χ2v) is 6.70. The van der Waals surface area contributed by atoms with E-state index in [1.807, 2.05) is 0 Å². The molecule has 0 spiro atoms. The van der Waals surface area contributed by atoms with E-state index in [2.05, 4.69) is 91.1 Å². The van der Waals surface area contributed by atoms with E-state index >= 15 is 0 Å². The SMILES string of the molecule is Cc1ccc2c(c1)N(C)c1cccc3c1c-2[n+](C)c1ccccc31. The summed E-state index contributed by atoms with van der Waals surface area (Å²) in [5.41, 5.74) is 7.74. The van der Waals surface area contributed by atoms with Crippen molar-refractivity contribution < 1.29 is 4.57 Å². The summed E-state index contributed by atoms with van der Waals surface area (Å²) in [6.07, 6.45) is 0. The Morgan fingerprint density at radius 2 is 1.62 bits per heavy atom. The van der Waals surface area contributed by atoms with Gasteiger partial charge in [-0.2, -0.15) is 4.57 Å². The van der Waals surface area contributed by atoms with Crippen molar-refractivity contribution in [3.05, 3.63) is 66.2 Å². The van der Waals surface area contributed by atoms with Crippen LogP contribution in [0.5, 0.6) is 0 Å². The number of para-hydroxylation sites is 1. The number of hydrogen-bond acceptors (Lipinski definition) is 1. The van der Waals surface area contributed by atoms with E-state index in [0.29, 0.717) is 0 Å². The van der Waals surface area contributed by atoms with Crippen LogP contribution in [0, 0.1) is 6.92 Å². The van der Waals surface area contributed by atoms with Gasteiger partial charge in [0, 0.05) is 18.5 Å². The highest BCUT2D eigenvalue weighted by atomic mass is 15.1. The Bertz CT molecular complexity index is 1140. The highest BCUT2D eigenvalue weighted by Gasteiger charge is 2.30. The summed E-state index contributed by atoms with van der Waals surface area (Å²) in [5, 5.41) is 3.98. The molecule has 0 saturated carbocycles. The van der Waals surface area contributed by atoms with E-state index < -0.39 is 0 Å². The van der Waals surface area contributed by atoms with Crippen LogP contribution in [0.2, 0.25) is 0 Å². The van der Waals surface area contributed by atoms with Gasteiger partial charge in [0.15, 0.2) is 0 Å². The van der Waals surface area contributed by atoms with Gasteiger partial charge < -0.3 is 4.90 Å². The summed E-state index contributed by atoms with van der Waals surface area (Å²) < 4.78 is 2.35. The van der Waals surface area contributed by atoms with Crippen LogP contribution < -0.4 is 9.47 Å². The van der Waals surface area contributed by atoms with Crippen LogP contribution in [0.3, 0.4) is 0 Å². The third-order valence-corrected chi connectivity index (χ3v) is 5.30. The normalized spacial score (nSPS) is 12.7. The maximum absolute atomic E-state index is 2.35. The van der Waals surface area contributed by atoms with E-state index in [-0.39, 0.29) is 0 Å². The van der Waals surface area contributed by atoms with Gasteiger partial charge in [0.2, 0.25) is 11.2 Å². The topological polar surface area (TPSA) is 7.12 Å². The van der Waals surface area contributed by atoms with E-state index in [1.54, 1.807) is 0 Å². The third kappa shape index (κ3) is 1.58. The fourth-order valence-electron chi connectivity index (χ4n) is 4.14. The Labute approximate surface area is 141 Å². The minimum absolute atomic E-state index is 1.27. The molecule has 0 bridgehead atoms. The maximum atomic E-state index is 2.35. The van der Waals surface area contributed by atoms with Crippen LogP contribution in [-0.4, -0.2) is 7.05 Å². The molecule has 1 aromatic heterocycles. The smallest absolute Gasteiger partial charge is 0.224 e. The number of anilines is 2. The van der Waals surface area contributed by atoms with E-state index in [4.69, 9.17) is 0 Å². The lowest BCUT2D eigenvalue weighted by atomic mass is 9.92. The molecule has 1 aliphatic rings. The zero-order chi connectivity index (χ0) is 16.4. The highest BCUT2D eigenvalue weighted by molar-refractivity contribution is 6.17. The zero-order valence-electron chi connectivity index (χ0n) is 14.2. The molecule has 0 atom stereocenters. The molecule has 2 nitrogen and oxygen atoms in total. The van der Waals surface area contributed by atoms with Crippen LogP contribution >= 0.6 is 0 Å². The first kappa shape index (κ1) is 13.6. The summed E-state index contributed by atoms with van der Waals surface area (Å²) in [5.74, 6) is 0. The van der Waals surface area contributed by atoms with Crippen LogP contribution in [0.4, 0.5) is 11.4 Å². The van der Waals surface area contributed by atoms with Crippen molar-refractivity contribution >= 4 is 33.1 Å². The minimum Gasteiger partial charge on any atom is -0.343 e. The summed E-state index contributed by atoms with van der Waals surface area (Å²) in [7, 11) is 4.36. The van der Waals surface area contributed by atoms with Crippen LogP contribution in [0.15, 0.2) is 60.7 Å². The molecular formula is C22H19N2+. The van der Waals surface area contributed by atoms with Crippen molar-refractivity contribution in [3.63, 3.8) is 0 Å². The second-order valence-electron chi connectivity index (χ2n) is 6.70. The number of pyridine rings is 1. The molecule has 24 heavy (non-hydrogen) atoms. The molecule has 0 N–H and O–H groups in total. The van der Waals surface area contributed by atoms with E-state index in [0.717, 1.165) is 0 Å². The lowest BCUT2D eigenvalue weighted by molar-refractivity contribution is -0.632. The standard InChI is InChI=1S/C22H19N2/c1-14-11-12-17-20(13-14)23(2)19-10-6-8-16-15-7-4-5-9-18(15)24(3)22(17)21(16)19/h4-13H,1-3H3/q+1.